The van der Waals surface area contributed by atoms with E-state index in [1.54, 1.807) is 0 Å². The van der Waals surface area contributed by atoms with Crippen LogP contribution < -0.4 is 0 Å². The van der Waals surface area contributed by atoms with Crippen LogP contribution in [0, 0.1) is 0 Å². The van der Waals surface area contributed by atoms with E-state index in [0.29, 0.717) is 5.92 Å². The van der Waals surface area contributed by atoms with Crippen LogP contribution in [-0.4, -0.2) is 0 Å². The molecule has 0 nitrogen and oxygen atoms in total. The molecule has 0 heterocycles. The monoisotopic (exact) mass is 154 g/mol. The predicted octanol–water partition coefficient (Wildman–Crippen LogP) is 2.92. The molecule has 0 aliphatic rings. The highest BCUT2D eigenvalue weighted by Crippen LogP contribution is 2.11. The van der Waals surface area contributed by atoms with Crippen molar-refractivity contribution >= 4 is 13.5 Å². The lowest BCUT2D eigenvalue weighted by molar-refractivity contribution is 0.867. The van der Waals surface area contributed by atoms with E-state index in [9.17, 15) is 0 Å². The van der Waals surface area contributed by atoms with E-state index in [4.69, 9.17) is 0 Å². The molecular formula is C9H14S. The zero-order valence-electron chi connectivity index (χ0n) is 6.46. The van der Waals surface area contributed by atoms with Crippen LogP contribution in [0.1, 0.15) is 25.3 Å². The largest absolute Gasteiger partial charge is 0.197 e. The van der Waals surface area contributed by atoms with E-state index in [1.807, 2.05) is 6.07 Å². The molecule has 0 bridgehead atoms. The van der Waals surface area contributed by atoms with E-state index in [0.717, 1.165) is 0 Å². The summed E-state index contributed by atoms with van der Waals surface area (Å²) in [5.74, 6) is 0.659. The summed E-state index contributed by atoms with van der Waals surface area (Å²) in [6.45, 7) is 4.41. The van der Waals surface area contributed by atoms with Crippen molar-refractivity contribution < 1.29 is 0 Å². The van der Waals surface area contributed by atoms with Gasteiger partial charge in [0.05, 0.1) is 0 Å². The van der Waals surface area contributed by atoms with Crippen molar-refractivity contribution in [3.8, 4) is 0 Å². The molecule has 0 amide bonds. The van der Waals surface area contributed by atoms with Crippen LogP contribution in [0.5, 0.6) is 0 Å². The van der Waals surface area contributed by atoms with Gasteiger partial charge in [-0.15, -0.1) is 0 Å². The molecule has 1 aromatic carbocycles. The van der Waals surface area contributed by atoms with Gasteiger partial charge in [0.1, 0.15) is 0 Å². The van der Waals surface area contributed by atoms with Crippen LogP contribution in [0.4, 0.5) is 0 Å². The zero-order valence-corrected chi connectivity index (χ0v) is 7.46. The van der Waals surface area contributed by atoms with Crippen LogP contribution in [0.2, 0.25) is 0 Å². The Morgan fingerprint density at radius 1 is 1.00 bits per heavy atom. The van der Waals surface area contributed by atoms with E-state index in [2.05, 4.69) is 38.1 Å². The Morgan fingerprint density at radius 2 is 1.50 bits per heavy atom. The zero-order chi connectivity index (χ0) is 6.69. The summed E-state index contributed by atoms with van der Waals surface area (Å²) < 4.78 is 0. The van der Waals surface area contributed by atoms with Gasteiger partial charge in [-0.1, -0.05) is 44.2 Å². The molecule has 0 N–H and O–H groups in total. The summed E-state index contributed by atoms with van der Waals surface area (Å²) in [4.78, 5) is 0. The first-order valence-corrected chi connectivity index (χ1v) is 3.35. The van der Waals surface area contributed by atoms with Gasteiger partial charge in [-0.25, -0.2) is 0 Å². The third-order valence-electron chi connectivity index (χ3n) is 1.47. The summed E-state index contributed by atoms with van der Waals surface area (Å²) in [5.41, 5.74) is 1.41. The van der Waals surface area contributed by atoms with Crippen molar-refractivity contribution in [3.63, 3.8) is 0 Å². The Hall–Kier alpha value is -0.430. The van der Waals surface area contributed by atoms with E-state index in [-0.39, 0.29) is 13.5 Å². The molecule has 0 aliphatic heterocycles. The molecule has 0 aromatic heterocycles. The molecule has 0 saturated carbocycles. The lowest BCUT2D eigenvalue weighted by Crippen LogP contribution is -1.83. The predicted molar refractivity (Wildman–Crippen MR) is 50.9 cm³/mol. The molecule has 0 saturated heterocycles. The Morgan fingerprint density at radius 3 is 1.80 bits per heavy atom. The minimum absolute atomic E-state index is 0. The van der Waals surface area contributed by atoms with E-state index in [1.165, 1.54) is 5.56 Å². The minimum Gasteiger partial charge on any atom is -0.197 e. The quantitative estimate of drug-likeness (QED) is 0.583. The second kappa shape index (κ2) is 4.40. The molecule has 0 unspecified atom stereocenters. The molecule has 10 heavy (non-hydrogen) atoms. The lowest BCUT2D eigenvalue weighted by atomic mass is 10.0. The van der Waals surface area contributed by atoms with Crippen LogP contribution in [-0.2, 0) is 0 Å². The van der Waals surface area contributed by atoms with Crippen molar-refractivity contribution in [1.29, 1.82) is 0 Å². The first-order valence-electron chi connectivity index (χ1n) is 3.35. The smallest absolute Gasteiger partial charge is 0.0219 e. The van der Waals surface area contributed by atoms with Crippen molar-refractivity contribution in [2.45, 2.75) is 19.8 Å². The molecule has 56 valence electrons. The topological polar surface area (TPSA) is 0 Å². The third-order valence-corrected chi connectivity index (χ3v) is 1.47. The standard InChI is InChI=1S/C9H12.H2S/c1-8(2)9-6-4-3-5-7-9;/h3-8H,1-2H3;1H2. The van der Waals surface area contributed by atoms with Gasteiger partial charge in [0.15, 0.2) is 0 Å². The van der Waals surface area contributed by atoms with E-state index >= 15 is 0 Å². The molecule has 0 fully saturated rings. The Bertz CT molecular complexity index is 167. The van der Waals surface area contributed by atoms with Crippen LogP contribution in [0.25, 0.3) is 0 Å². The molecule has 0 atom stereocenters. The summed E-state index contributed by atoms with van der Waals surface area (Å²) >= 11 is 0. The van der Waals surface area contributed by atoms with Crippen molar-refractivity contribution in [2.75, 3.05) is 0 Å². The van der Waals surface area contributed by atoms with Gasteiger partial charge in [-0.3, -0.25) is 0 Å². The summed E-state index contributed by atoms with van der Waals surface area (Å²) in [6.07, 6.45) is 0. The first-order chi connectivity index (χ1) is 4.30. The molecule has 0 aliphatic carbocycles. The van der Waals surface area contributed by atoms with E-state index < -0.39 is 0 Å². The Kier molecular flexibility index (Phi) is 4.21. The SMILES string of the molecule is CC(C)c1ccccc1.S. The first kappa shape index (κ1) is 9.57. The lowest BCUT2D eigenvalue weighted by Gasteiger charge is -2.01. The summed E-state index contributed by atoms with van der Waals surface area (Å²) in [7, 11) is 0. The second-order valence-electron chi connectivity index (χ2n) is 2.57. The van der Waals surface area contributed by atoms with Gasteiger partial charge in [-0.05, 0) is 11.5 Å². The molecular weight excluding hydrogens is 140 g/mol. The van der Waals surface area contributed by atoms with Gasteiger partial charge >= 0.3 is 0 Å². The van der Waals surface area contributed by atoms with Gasteiger partial charge < -0.3 is 0 Å². The highest BCUT2D eigenvalue weighted by atomic mass is 32.1. The Balaban J connectivity index is 0.000000810. The third kappa shape index (κ3) is 2.44. The molecule has 0 spiro atoms. The highest BCUT2D eigenvalue weighted by Gasteiger charge is 1.93. The van der Waals surface area contributed by atoms with Gasteiger partial charge in [0.2, 0.25) is 0 Å². The van der Waals surface area contributed by atoms with Crippen molar-refractivity contribution in [3.05, 3.63) is 35.9 Å². The fraction of sp³-hybridized carbons (Fsp3) is 0.333. The fourth-order valence-corrected chi connectivity index (χ4v) is 0.838. The maximum atomic E-state index is 2.20. The minimum atomic E-state index is 0. The van der Waals surface area contributed by atoms with Gasteiger partial charge in [0.25, 0.3) is 0 Å². The molecule has 1 aromatic rings. The van der Waals surface area contributed by atoms with Gasteiger partial charge in [0, 0.05) is 0 Å². The van der Waals surface area contributed by atoms with Gasteiger partial charge in [-0.2, -0.15) is 13.5 Å². The normalized spacial score (nSPS) is 9.10. The maximum absolute atomic E-state index is 2.20. The maximum Gasteiger partial charge on any atom is -0.0219 e. The molecule has 1 heteroatoms. The number of hydrogen-bond acceptors (Lipinski definition) is 0. The van der Waals surface area contributed by atoms with Crippen LogP contribution >= 0.6 is 13.5 Å². The average Bonchev–Trinajstić information content (AvgIpc) is 1.90. The number of rotatable bonds is 1. The number of benzene rings is 1. The van der Waals surface area contributed by atoms with Crippen molar-refractivity contribution in [1.82, 2.24) is 0 Å². The van der Waals surface area contributed by atoms with Crippen molar-refractivity contribution in [2.24, 2.45) is 0 Å². The molecule has 1 rings (SSSR count). The number of hydrogen-bond donors (Lipinski definition) is 0. The van der Waals surface area contributed by atoms with Crippen LogP contribution in [0.3, 0.4) is 0 Å². The summed E-state index contributed by atoms with van der Waals surface area (Å²) in [6, 6.07) is 10.5. The summed E-state index contributed by atoms with van der Waals surface area (Å²) in [5, 5.41) is 0. The Labute approximate surface area is 69.7 Å². The van der Waals surface area contributed by atoms with Crippen LogP contribution in [0.15, 0.2) is 30.3 Å². The average molecular weight is 154 g/mol. The second-order valence-corrected chi connectivity index (χ2v) is 2.57. The molecule has 0 radical (unpaired) electrons. The highest BCUT2D eigenvalue weighted by molar-refractivity contribution is 7.59. The fourth-order valence-electron chi connectivity index (χ4n) is 0.838.